The van der Waals surface area contributed by atoms with Gasteiger partial charge in [0.25, 0.3) is 0 Å². The molecule has 1 aliphatic rings. The van der Waals surface area contributed by atoms with Crippen LogP contribution >= 0.6 is 12.4 Å². The lowest BCUT2D eigenvalue weighted by Gasteiger charge is -1.99. The molecule has 2 rings (SSSR count). The van der Waals surface area contributed by atoms with Crippen molar-refractivity contribution in [2.24, 2.45) is 4.99 Å². The molecule has 10 heavy (non-hydrogen) atoms. The molecule has 0 bridgehead atoms. The van der Waals surface area contributed by atoms with Gasteiger partial charge in [0.05, 0.1) is 6.33 Å². The molecule has 3 nitrogen and oxygen atoms in total. The largest absolute Gasteiger partial charge is 0.348 e. The molecular weight excluding hydrogens is 150 g/mol. The van der Waals surface area contributed by atoms with Crippen molar-refractivity contribution < 1.29 is 0 Å². The van der Waals surface area contributed by atoms with E-state index >= 15 is 0 Å². The van der Waals surface area contributed by atoms with Gasteiger partial charge in [-0.3, -0.25) is 4.99 Å². The summed E-state index contributed by atoms with van der Waals surface area (Å²) >= 11 is 0. The molecule has 0 saturated carbocycles. The zero-order valence-corrected chi connectivity index (χ0v) is 6.19. The Hall–Kier alpha value is -0.830. The standard InChI is InChI=1S/C6H7N3.ClH/c1-2-7-3-6-5(1)8-4-9-6;/h3-4H,1-2H2,(H,8,9);1H. The number of nitrogens with zero attached hydrogens (tertiary/aromatic N) is 2. The fraction of sp³-hybridized carbons (Fsp3) is 0.333. The Morgan fingerprint density at radius 1 is 1.50 bits per heavy atom. The Bertz CT molecular complexity index is 241. The number of aromatic amines is 1. The summed E-state index contributed by atoms with van der Waals surface area (Å²) in [6.07, 6.45) is 4.53. The predicted octanol–water partition coefficient (Wildman–Crippen LogP) is 0.806. The van der Waals surface area contributed by atoms with E-state index in [-0.39, 0.29) is 12.4 Å². The fourth-order valence-electron chi connectivity index (χ4n) is 0.970. The summed E-state index contributed by atoms with van der Waals surface area (Å²) in [5, 5.41) is 0. The highest BCUT2D eigenvalue weighted by Crippen LogP contribution is 2.04. The number of fused-ring (bicyclic) bond motifs is 1. The maximum atomic E-state index is 4.08. The first-order chi connectivity index (χ1) is 4.47. The minimum Gasteiger partial charge on any atom is -0.348 e. The van der Waals surface area contributed by atoms with Crippen molar-refractivity contribution in [1.29, 1.82) is 0 Å². The van der Waals surface area contributed by atoms with Crippen molar-refractivity contribution in [3.8, 4) is 0 Å². The summed E-state index contributed by atoms with van der Waals surface area (Å²) < 4.78 is 0. The second-order valence-electron chi connectivity index (χ2n) is 2.05. The average Bonchev–Trinajstić information content (AvgIpc) is 2.33. The van der Waals surface area contributed by atoms with E-state index in [2.05, 4.69) is 15.0 Å². The molecular formula is C6H8ClN3. The normalized spacial score (nSPS) is 14.0. The number of halogens is 1. The second-order valence-corrected chi connectivity index (χ2v) is 2.05. The van der Waals surface area contributed by atoms with E-state index in [1.165, 1.54) is 5.69 Å². The van der Waals surface area contributed by atoms with Crippen molar-refractivity contribution >= 4 is 18.6 Å². The third-order valence-electron chi connectivity index (χ3n) is 1.46. The van der Waals surface area contributed by atoms with Gasteiger partial charge in [0.15, 0.2) is 0 Å². The Morgan fingerprint density at radius 2 is 2.40 bits per heavy atom. The van der Waals surface area contributed by atoms with E-state index < -0.39 is 0 Å². The molecule has 1 N–H and O–H groups in total. The average molecular weight is 158 g/mol. The van der Waals surface area contributed by atoms with E-state index in [0.29, 0.717) is 0 Å². The van der Waals surface area contributed by atoms with E-state index in [4.69, 9.17) is 0 Å². The molecule has 54 valence electrons. The number of imidazole rings is 1. The minimum absolute atomic E-state index is 0. The van der Waals surface area contributed by atoms with Crippen LogP contribution in [0.5, 0.6) is 0 Å². The molecule has 0 aromatic carbocycles. The second kappa shape index (κ2) is 2.84. The molecule has 0 saturated heterocycles. The van der Waals surface area contributed by atoms with E-state index in [9.17, 15) is 0 Å². The van der Waals surface area contributed by atoms with Crippen molar-refractivity contribution in [2.75, 3.05) is 6.54 Å². The van der Waals surface area contributed by atoms with Gasteiger partial charge in [-0.05, 0) is 0 Å². The van der Waals surface area contributed by atoms with Crippen molar-refractivity contribution in [2.45, 2.75) is 6.42 Å². The summed E-state index contributed by atoms with van der Waals surface area (Å²) in [5.41, 5.74) is 2.21. The molecule has 0 amide bonds. The van der Waals surface area contributed by atoms with Crippen molar-refractivity contribution in [3.63, 3.8) is 0 Å². The van der Waals surface area contributed by atoms with Crippen LogP contribution in [0, 0.1) is 0 Å². The zero-order valence-electron chi connectivity index (χ0n) is 5.37. The number of nitrogens with one attached hydrogen (secondary N) is 1. The number of H-pyrrole nitrogens is 1. The number of aromatic nitrogens is 2. The molecule has 1 aromatic rings. The number of hydrogen-bond acceptors (Lipinski definition) is 2. The molecule has 2 heterocycles. The van der Waals surface area contributed by atoms with Gasteiger partial charge in [0.1, 0.15) is 5.69 Å². The van der Waals surface area contributed by atoms with E-state index in [1.54, 1.807) is 6.33 Å². The molecule has 0 aliphatic carbocycles. The van der Waals surface area contributed by atoms with Gasteiger partial charge in [-0.15, -0.1) is 12.4 Å². The Morgan fingerprint density at radius 3 is 3.20 bits per heavy atom. The number of aliphatic imine (C=N–C) groups is 1. The minimum atomic E-state index is 0. The van der Waals surface area contributed by atoms with Crippen LogP contribution in [0.15, 0.2) is 11.3 Å². The molecule has 1 aromatic heterocycles. The van der Waals surface area contributed by atoms with Gasteiger partial charge in [-0.2, -0.15) is 0 Å². The lowest BCUT2D eigenvalue weighted by molar-refractivity contribution is 0.919. The summed E-state index contributed by atoms with van der Waals surface area (Å²) in [7, 11) is 0. The molecule has 0 unspecified atom stereocenters. The molecule has 0 fully saturated rings. The third kappa shape index (κ3) is 1.04. The highest BCUT2D eigenvalue weighted by Gasteiger charge is 2.04. The topological polar surface area (TPSA) is 41.0 Å². The van der Waals surface area contributed by atoms with Crippen LogP contribution in [-0.2, 0) is 6.42 Å². The number of hydrogen-bond donors (Lipinski definition) is 1. The lowest BCUT2D eigenvalue weighted by Crippen LogP contribution is -2.01. The van der Waals surface area contributed by atoms with Crippen LogP contribution in [0.25, 0.3) is 0 Å². The van der Waals surface area contributed by atoms with Crippen LogP contribution in [-0.4, -0.2) is 22.7 Å². The first-order valence-corrected chi connectivity index (χ1v) is 2.99. The summed E-state index contributed by atoms with van der Waals surface area (Å²) in [4.78, 5) is 11.2. The maximum Gasteiger partial charge on any atom is 0.102 e. The fourth-order valence-corrected chi connectivity index (χ4v) is 0.970. The van der Waals surface area contributed by atoms with Crippen LogP contribution in [0.1, 0.15) is 11.4 Å². The summed E-state index contributed by atoms with van der Waals surface area (Å²) in [6.45, 7) is 0.898. The highest BCUT2D eigenvalue weighted by molar-refractivity contribution is 5.85. The van der Waals surface area contributed by atoms with Crippen LogP contribution in [0.3, 0.4) is 0 Å². The molecule has 0 atom stereocenters. The van der Waals surface area contributed by atoms with Crippen molar-refractivity contribution in [3.05, 3.63) is 17.7 Å². The Balaban J connectivity index is 0.000000500. The van der Waals surface area contributed by atoms with E-state index in [1.807, 2.05) is 6.21 Å². The molecule has 1 aliphatic heterocycles. The van der Waals surface area contributed by atoms with Crippen LogP contribution < -0.4 is 0 Å². The van der Waals surface area contributed by atoms with Gasteiger partial charge < -0.3 is 4.98 Å². The zero-order chi connectivity index (χ0) is 6.10. The van der Waals surface area contributed by atoms with Gasteiger partial charge in [0, 0.05) is 24.9 Å². The van der Waals surface area contributed by atoms with Gasteiger partial charge >= 0.3 is 0 Å². The highest BCUT2D eigenvalue weighted by atomic mass is 35.5. The first kappa shape index (κ1) is 7.28. The molecule has 4 heteroatoms. The summed E-state index contributed by atoms with van der Waals surface area (Å²) in [5.74, 6) is 0. The van der Waals surface area contributed by atoms with Gasteiger partial charge in [0.2, 0.25) is 0 Å². The number of rotatable bonds is 0. The smallest absolute Gasteiger partial charge is 0.102 e. The van der Waals surface area contributed by atoms with Gasteiger partial charge in [-0.25, -0.2) is 4.98 Å². The Kier molecular flexibility index (Phi) is 2.06. The predicted molar refractivity (Wildman–Crippen MR) is 42.0 cm³/mol. The first-order valence-electron chi connectivity index (χ1n) is 2.99. The van der Waals surface area contributed by atoms with Crippen LogP contribution in [0.2, 0.25) is 0 Å². The SMILES string of the molecule is C1=NCCc2[nH]cnc21.Cl. The molecule has 0 spiro atoms. The Labute approximate surface area is 65.0 Å². The van der Waals surface area contributed by atoms with E-state index in [0.717, 1.165) is 18.7 Å². The molecule has 0 radical (unpaired) electrons. The summed E-state index contributed by atoms with van der Waals surface area (Å²) in [6, 6.07) is 0. The monoisotopic (exact) mass is 157 g/mol. The lowest BCUT2D eigenvalue weighted by atomic mass is 10.2. The third-order valence-corrected chi connectivity index (χ3v) is 1.46. The quantitative estimate of drug-likeness (QED) is 0.595. The van der Waals surface area contributed by atoms with Gasteiger partial charge in [-0.1, -0.05) is 0 Å². The maximum absolute atomic E-state index is 4.08. The van der Waals surface area contributed by atoms with Crippen molar-refractivity contribution in [1.82, 2.24) is 9.97 Å². The van der Waals surface area contributed by atoms with Crippen LogP contribution in [0.4, 0.5) is 0 Å².